The van der Waals surface area contributed by atoms with Crippen LogP contribution in [0.2, 0.25) is 5.02 Å². The summed E-state index contributed by atoms with van der Waals surface area (Å²) in [5.74, 6) is -0.201. The van der Waals surface area contributed by atoms with Gasteiger partial charge in [0.1, 0.15) is 5.75 Å². The lowest BCUT2D eigenvalue weighted by Gasteiger charge is -2.18. The van der Waals surface area contributed by atoms with Gasteiger partial charge in [-0.1, -0.05) is 25.4 Å². The first-order chi connectivity index (χ1) is 11.4. The minimum Gasteiger partial charge on any atom is -0.423 e. The predicted molar refractivity (Wildman–Crippen MR) is 93.0 cm³/mol. The van der Waals surface area contributed by atoms with Crippen LogP contribution in [0.3, 0.4) is 0 Å². The molecular formula is C17H18ClNO4S. The number of rotatable bonds is 6. The van der Waals surface area contributed by atoms with Crippen LogP contribution >= 0.6 is 11.6 Å². The molecule has 7 heteroatoms. The van der Waals surface area contributed by atoms with Gasteiger partial charge >= 0.3 is 5.97 Å². The third-order valence-corrected chi connectivity index (χ3v) is 5.77. The van der Waals surface area contributed by atoms with Gasteiger partial charge in [0.2, 0.25) is 10.0 Å². The van der Waals surface area contributed by atoms with Crippen molar-refractivity contribution in [1.82, 2.24) is 4.31 Å². The van der Waals surface area contributed by atoms with Crippen molar-refractivity contribution in [2.24, 2.45) is 0 Å². The average molecular weight is 368 g/mol. The lowest BCUT2D eigenvalue weighted by molar-refractivity contribution is 0.0734. The molecule has 0 aliphatic carbocycles. The first kappa shape index (κ1) is 18.4. The molecule has 128 valence electrons. The zero-order valence-electron chi connectivity index (χ0n) is 13.4. The Morgan fingerprint density at radius 3 is 2.04 bits per heavy atom. The highest BCUT2D eigenvalue weighted by atomic mass is 35.5. The fourth-order valence-corrected chi connectivity index (χ4v) is 3.73. The van der Waals surface area contributed by atoms with E-state index in [2.05, 4.69) is 0 Å². The van der Waals surface area contributed by atoms with Crippen LogP contribution in [0, 0.1) is 0 Å². The first-order valence-corrected chi connectivity index (χ1v) is 9.28. The maximum Gasteiger partial charge on any atom is 0.343 e. The van der Waals surface area contributed by atoms with E-state index in [1.807, 2.05) is 0 Å². The summed E-state index contributed by atoms with van der Waals surface area (Å²) in [6.45, 7) is 4.33. The van der Waals surface area contributed by atoms with E-state index < -0.39 is 16.0 Å². The number of esters is 1. The normalized spacial score (nSPS) is 11.5. The number of hydrogen-bond donors (Lipinski definition) is 0. The number of halogens is 1. The monoisotopic (exact) mass is 367 g/mol. The molecule has 2 rings (SSSR count). The molecule has 0 unspecified atom stereocenters. The van der Waals surface area contributed by atoms with Crippen LogP contribution in [0.1, 0.15) is 24.2 Å². The van der Waals surface area contributed by atoms with Gasteiger partial charge in [-0.15, -0.1) is 0 Å². The van der Waals surface area contributed by atoms with E-state index in [0.29, 0.717) is 23.9 Å². The number of carbonyl (C=O) groups excluding carboxylic acids is 1. The number of sulfonamides is 1. The highest BCUT2D eigenvalue weighted by Crippen LogP contribution is 2.19. The van der Waals surface area contributed by atoms with Gasteiger partial charge in [0.05, 0.1) is 10.5 Å². The number of benzene rings is 2. The second-order valence-corrected chi connectivity index (χ2v) is 7.33. The maximum absolute atomic E-state index is 12.4. The van der Waals surface area contributed by atoms with Crippen LogP contribution in [-0.2, 0) is 10.0 Å². The zero-order valence-corrected chi connectivity index (χ0v) is 15.0. The Labute approximate surface area is 146 Å². The van der Waals surface area contributed by atoms with E-state index in [-0.39, 0.29) is 10.5 Å². The Balaban J connectivity index is 2.16. The van der Waals surface area contributed by atoms with Crippen LogP contribution in [0.5, 0.6) is 5.75 Å². The lowest BCUT2D eigenvalue weighted by atomic mass is 10.2. The Morgan fingerprint density at radius 2 is 1.54 bits per heavy atom. The van der Waals surface area contributed by atoms with Gasteiger partial charge in [0, 0.05) is 18.1 Å². The summed E-state index contributed by atoms with van der Waals surface area (Å²) < 4.78 is 31.4. The zero-order chi connectivity index (χ0) is 17.7. The quantitative estimate of drug-likeness (QED) is 0.578. The summed E-state index contributed by atoms with van der Waals surface area (Å²) in [5.41, 5.74) is 0.267. The van der Waals surface area contributed by atoms with E-state index in [4.69, 9.17) is 16.3 Å². The molecule has 0 fully saturated rings. The van der Waals surface area contributed by atoms with E-state index in [1.165, 1.54) is 28.6 Å². The summed E-state index contributed by atoms with van der Waals surface area (Å²) in [6, 6.07) is 12.1. The third-order valence-electron chi connectivity index (χ3n) is 3.46. The highest BCUT2D eigenvalue weighted by molar-refractivity contribution is 7.89. The lowest BCUT2D eigenvalue weighted by Crippen LogP contribution is -2.30. The number of nitrogens with zero attached hydrogens (tertiary/aromatic N) is 1. The van der Waals surface area contributed by atoms with Crippen LogP contribution in [0.4, 0.5) is 0 Å². The molecule has 0 saturated carbocycles. The Kier molecular flexibility index (Phi) is 5.99. The molecule has 0 atom stereocenters. The SMILES string of the molecule is CCN(CC)S(=O)(=O)c1ccc(C(=O)Oc2ccc(Cl)cc2)cc1. The molecule has 0 amide bonds. The van der Waals surface area contributed by atoms with Crippen LogP contribution < -0.4 is 4.74 Å². The number of carbonyl (C=O) groups is 1. The van der Waals surface area contributed by atoms with Gasteiger partial charge in [-0.2, -0.15) is 4.31 Å². The minimum atomic E-state index is -3.54. The van der Waals surface area contributed by atoms with E-state index >= 15 is 0 Å². The van der Waals surface area contributed by atoms with Gasteiger partial charge < -0.3 is 4.74 Å². The Morgan fingerprint density at radius 1 is 1.00 bits per heavy atom. The second kappa shape index (κ2) is 7.79. The van der Waals surface area contributed by atoms with Crippen molar-refractivity contribution in [1.29, 1.82) is 0 Å². The summed E-state index contributed by atoms with van der Waals surface area (Å²) in [5, 5.41) is 0.542. The molecule has 0 aromatic heterocycles. The Bertz CT molecular complexity index is 797. The van der Waals surface area contributed by atoms with Crippen molar-refractivity contribution in [2.75, 3.05) is 13.1 Å². The fourth-order valence-electron chi connectivity index (χ4n) is 2.14. The van der Waals surface area contributed by atoms with Crippen molar-refractivity contribution in [3.8, 4) is 5.75 Å². The summed E-state index contributed by atoms with van der Waals surface area (Å²) in [4.78, 5) is 12.2. The van der Waals surface area contributed by atoms with Gasteiger partial charge in [-0.05, 0) is 48.5 Å². The van der Waals surface area contributed by atoms with E-state index in [1.54, 1.807) is 38.1 Å². The smallest absolute Gasteiger partial charge is 0.343 e. The van der Waals surface area contributed by atoms with Crippen LogP contribution in [-0.4, -0.2) is 31.8 Å². The molecule has 2 aromatic carbocycles. The van der Waals surface area contributed by atoms with Crippen molar-refractivity contribution in [2.45, 2.75) is 18.7 Å². The molecule has 0 aliphatic heterocycles. The van der Waals surface area contributed by atoms with Crippen molar-refractivity contribution in [3.05, 3.63) is 59.1 Å². The summed E-state index contributed by atoms with van der Waals surface area (Å²) >= 11 is 5.77. The predicted octanol–water partition coefficient (Wildman–Crippen LogP) is 3.59. The second-order valence-electron chi connectivity index (χ2n) is 4.96. The molecule has 24 heavy (non-hydrogen) atoms. The molecule has 0 saturated heterocycles. The van der Waals surface area contributed by atoms with E-state index in [0.717, 1.165) is 0 Å². The van der Waals surface area contributed by atoms with Crippen molar-refractivity contribution in [3.63, 3.8) is 0 Å². The van der Waals surface area contributed by atoms with Crippen LogP contribution in [0.15, 0.2) is 53.4 Å². The maximum atomic E-state index is 12.4. The van der Waals surface area contributed by atoms with Crippen LogP contribution in [0.25, 0.3) is 0 Å². The molecule has 0 spiro atoms. The molecule has 2 aromatic rings. The van der Waals surface area contributed by atoms with Gasteiger partial charge in [0.25, 0.3) is 0 Å². The van der Waals surface area contributed by atoms with Gasteiger partial charge in [-0.25, -0.2) is 13.2 Å². The fraction of sp³-hybridized carbons (Fsp3) is 0.235. The number of ether oxygens (including phenoxy) is 1. The van der Waals surface area contributed by atoms with Gasteiger partial charge in [0.15, 0.2) is 0 Å². The third kappa shape index (κ3) is 4.14. The topological polar surface area (TPSA) is 63.7 Å². The van der Waals surface area contributed by atoms with Gasteiger partial charge in [-0.3, -0.25) is 0 Å². The molecule has 0 radical (unpaired) electrons. The van der Waals surface area contributed by atoms with Crippen molar-refractivity contribution < 1.29 is 17.9 Å². The molecule has 0 bridgehead atoms. The molecule has 0 aliphatic rings. The molecule has 5 nitrogen and oxygen atoms in total. The Hall–Kier alpha value is -1.89. The number of hydrogen-bond acceptors (Lipinski definition) is 4. The summed E-state index contributed by atoms with van der Waals surface area (Å²) in [6.07, 6.45) is 0. The molecule has 0 N–H and O–H groups in total. The first-order valence-electron chi connectivity index (χ1n) is 7.46. The minimum absolute atomic E-state index is 0.147. The largest absolute Gasteiger partial charge is 0.423 e. The average Bonchev–Trinajstić information content (AvgIpc) is 2.58. The van der Waals surface area contributed by atoms with E-state index in [9.17, 15) is 13.2 Å². The standard InChI is InChI=1S/C17H18ClNO4S/c1-3-19(4-2)24(21,22)16-11-5-13(6-12-16)17(20)23-15-9-7-14(18)8-10-15/h5-12H,3-4H2,1-2H3. The summed E-state index contributed by atoms with van der Waals surface area (Å²) in [7, 11) is -3.54. The molecular weight excluding hydrogens is 350 g/mol. The van der Waals surface area contributed by atoms with Crippen molar-refractivity contribution >= 4 is 27.6 Å². The molecule has 0 heterocycles. The highest BCUT2D eigenvalue weighted by Gasteiger charge is 2.21.